The molecule has 1 aliphatic rings. The number of amides is 1. The Labute approximate surface area is 166 Å². The van der Waals surface area contributed by atoms with Gasteiger partial charge in [-0.1, -0.05) is 15.9 Å². The van der Waals surface area contributed by atoms with Gasteiger partial charge in [-0.2, -0.15) is 0 Å². The quantitative estimate of drug-likeness (QED) is 0.653. The van der Waals surface area contributed by atoms with Crippen molar-refractivity contribution in [2.45, 2.75) is 25.3 Å². The summed E-state index contributed by atoms with van der Waals surface area (Å²) in [6, 6.07) is 11.6. The highest BCUT2D eigenvalue weighted by Gasteiger charge is 2.24. The van der Waals surface area contributed by atoms with E-state index < -0.39 is 0 Å². The Kier molecular flexibility index (Phi) is 4.83. The monoisotopic (exact) mass is 428 g/mol. The lowest BCUT2D eigenvalue weighted by atomic mass is 9.91. The fraction of sp³-hybridized carbons (Fsp3) is 0.286. The van der Waals surface area contributed by atoms with Gasteiger partial charge in [-0.3, -0.25) is 4.79 Å². The van der Waals surface area contributed by atoms with Crippen LogP contribution < -0.4 is 14.8 Å². The minimum absolute atomic E-state index is 0.0974. The molecule has 4 rings (SSSR count). The summed E-state index contributed by atoms with van der Waals surface area (Å²) in [5.74, 6) is 1.10. The van der Waals surface area contributed by atoms with Crippen LogP contribution in [0, 0.1) is 0 Å². The molecule has 0 radical (unpaired) electrons. The van der Waals surface area contributed by atoms with E-state index >= 15 is 0 Å². The van der Waals surface area contributed by atoms with Crippen molar-refractivity contribution in [1.29, 1.82) is 0 Å². The summed E-state index contributed by atoms with van der Waals surface area (Å²) < 4.78 is 11.6. The fourth-order valence-electron chi connectivity index (χ4n) is 3.72. The minimum Gasteiger partial charge on any atom is -0.497 e. The third-order valence-electron chi connectivity index (χ3n) is 5.10. The van der Waals surface area contributed by atoms with Crippen LogP contribution >= 0.6 is 15.9 Å². The number of hydrogen-bond acceptors (Lipinski definition) is 3. The number of ether oxygens (including phenoxy) is 2. The van der Waals surface area contributed by atoms with Crippen LogP contribution in [0.1, 0.15) is 28.0 Å². The summed E-state index contributed by atoms with van der Waals surface area (Å²) in [7, 11) is 3.16. The molecule has 0 saturated carbocycles. The molecule has 140 valence electrons. The van der Waals surface area contributed by atoms with E-state index in [0.717, 1.165) is 29.3 Å². The molecule has 0 spiro atoms. The molecule has 1 aliphatic carbocycles. The van der Waals surface area contributed by atoms with Crippen LogP contribution in [-0.2, 0) is 12.8 Å². The number of fused-ring (bicyclic) bond motifs is 3. The van der Waals surface area contributed by atoms with Gasteiger partial charge in [0.25, 0.3) is 5.91 Å². The van der Waals surface area contributed by atoms with Crippen molar-refractivity contribution in [3.05, 3.63) is 57.7 Å². The highest BCUT2D eigenvalue weighted by atomic mass is 79.9. The van der Waals surface area contributed by atoms with Crippen LogP contribution in [0.4, 0.5) is 0 Å². The number of carbonyl (C=O) groups excluding carboxylic acids is 1. The van der Waals surface area contributed by atoms with E-state index in [1.54, 1.807) is 32.4 Å². The van der Waals surface area contributed by atoms with Crippen LogP contribution in [0.15, 0.2) is 40.9 Å². The lowest BCUT2D eigenvalue weighted by Crippen LogP contribution is -2.38. The summed E-state index contributed by atoms with van der Waals surface area (Å²) in [5, 5.41) is 4.40. The Balaban J connectivity index is 1.55. The second-order valence-corrected chi connectivity index (χ2v) is 7.70. The van der Waals surface area contributed by atoms with Gasteiger partial charge in [0.05, 0.1) is 14.2 Å². The standard InChI is InChI=1S/C21H21BrN2O3/c1-26-15-7-12(8-16(11-15)27-2)21(25)23-14-4-6-20-18(10-14)17-9-13(22)3-5-19(17)24-20/h3,5,7-9,11,14,24H,4,6,10H2,1-2H3,(H,23,25)/t14-/m1/s1. The van der Waals surface area contributed by atoms with Gasteiger partial charge in [0.15, 0.2) is 0 Å². The zero-order valence-corrected chi connectivity index (χ0v) is 16.9. The smallest absolute Gasteiger partial charge is 0.251 e. The average molecular weight is 429 g/mol. The molecule has 0 unspecified atom stereocenters. The Morgan fingerprint density at radius 1 is 1.15 bits per heavy atom. The van der Waals surface area contributed by atoms with Gasteiger partial charge in [-0.05, 0) is 55.2 Å². The average Bonchev–Trinajstić information content (AvgIpc) is 3.04. The summed E-state index contributed by atoms with van der Waals surface area (Å²) in [4.78, 5) is 16.3. The molecule has 1 heterocycles. The predicted molar refractivity (Wildman–Crippen MR) is 109 cm³/mol. The Hall–Kier alpha value is -2.47. The number of H-pyrrole nitrogens is 1. The maximum atomic E-state index is 12.8. The predicted octanol–water partition coefficient (Wildman–Crippen LogP) is 4.23. The number of methoxy groups -OCH3 is 2. The lowest BCUT2D eigenvalue weighted by molar-refractivity contribution is 0.0933. The molecule has 1 aromatic heterocycles. The van der Waals surface area contributed by atoms with Crippen molar-refractivity contribution in [2.75, 3.05) is 14.2 Å². The van der Waals surface area contributed by atoms with Crippen LogP contribution in [0.3, 0.4) is 0 Å². The van der Waals surface area contributed by atoms with E-state index in [1.165, 1.54) is 16.6 Å². The summed E-state index contributed by atoms with van der Waals surface area (Å²) >= 11 is 3.55. The Bertz CT molecular complexity index is 990. The molecular formula is C21H21BrN2O3. The third-order valence-corrected chi connectivity index (χ3v) is 5.59. The molecular weight excluding hydrogens is 408 g/mol. The van der Waals surface area contributed by atoms with Gasteiger partial charge in [0.2, 0.25) is 0 Å². The van der Waals surface area contributed by atoms with E-state index in [0.29, 0.717) is 17.1 Å². The van der Waals surface area contributed by atoms with Crippen LogP contribution in [0.5, 0.6) is 11.5 Å². The second kappa shape index (κ2) is 7.27. The SMILES string of the molecule is COc1cc(OC)cc(C(=O)N[C@@H]2CCc3[nH]c4ccc(Br)cc4c3C2)c1. The number of hydrogen-bond donors (Lipinski definition) is 2. The maximum Gasteiger partial charge on any atom is 0.251 e. The highest BCUT2D eigenvalue weighted by molar-refractivity contribution is 9.10. The van der Waals surface area contributed by atoms with E-state index in [1.807, 2.05) is 6.07 Å². The first-order valence-electron chi connectivity index (χ1n) is 8.90. The molecule has 1 amide bonds. The van der Waals surface area contributed by atoms with Gasteiger partial charge >= 0.3 is 0 Å². The van der Waals surface area contributed by atoms with Gasteiger partial charge in [0, 0.05) is 38.7 Å². The van der Waals surface area contributed by atoms with Crippen molar-refractivity contribution < 1.29 is 14.3 Å². The number of aryl methyl sites for hydroxylation is 1. The molecule has 3 aromatic rings. The molecule has 0 aliphatic heterocycles. The molecule has 0 bridgehead atoms. The van der Waals surface area contributed by atoms with Gasteiger partial charge in [-0.15, -0.1) is 0 Å². The fourth-order valence-corrected chi connectivity index (χ4v) is 4.08. The largest absolute Gasteiger partial charge is 0.497 e. The number of aromatic nitrogens is 1. The van der Waals surface area contributed by atoms with Crippen LogP contribution in [0.2, 0.25) is 0 Å². The minimum atomic E-state index is -0.110. The number of rotatable bonds is 4. The number of benzene rings is 2. The second-order valence-electron chi connectivity index (χ2n) is 6.79. The topological polar surface area (TPSA) is 63.4 Å². The van der Waals surface area contributed by atoms with Crippen LogP contribution in [-0.4, -0.2) is 31.2 Å². The number of halogens is 1. The van der Waals surface area contributed by atoms with E-state index in [9.17, 15) is 4.79 Å². The summed E-state index contributed by atoms with van der Waals surface area (Å²) in [6.07, 6.45) is 2.65. The van der Waals surface area contributed by atoms with Gasteiger partial charge in [0.1, 0.15) is 11.5 Å². The molecule has 27 heavy (non-hydrogen) atoms. The zero-order chi connectivity index (χ0) is 19.0. The molecule has 0 fully saturated rings. The number of carbonyl (C=O) groups is 1. The first kappa shape index (κ1) is 17.9. The molecule has 0 saturated heterocycles. The highest BCUT2D eigenvalue weighted by Crippen LogP contribution is 2.31. The number of nitrogens with one attached hydrogen (secondary N) is 2. The molecule has 1 atom stereocenters. The Morgan fingerprint density at radius 3 is 2.59 bits per heavy atom. The van der Waals surface area contributed by atoms with E-state index in [4.69, 9.17) is 9.47 Å². The van der Waals surface area contributed by atoms with Crippen molar-refractivity contribution in [3.63, 3.8) is 0 Å². The maximum absolute atomic E-state index is 12.8. The Morgan fingerprint density at radius 2 is 1.89 bits per heavy atom. The first-order valence-corrected chi connectivity index (χ1v) is 9.69. The molecule has 6 heteroatoms. The van der Waals surface area contributed by atoms with Gasteiger partial charge in [-0.25, -0.2) is 0 Å². The summed E-state index contributed by atoms with van der Waals surface area (Å²) in [6.45, 7) is 0. The normalized spacial score (nSPS) is 16.0. The molecule has 2 N–H and O–H groups in total. The van der Waals surface area contributed by atoms with Crippen molar-refractivity contribution in [3.8, 4) is 11.5 Å². The zero-order valence-electron chi connectivity index (χ0n) is 15.3. The third kappa shape index (κ3) is 3.54. The van der Waals surface area contributed by atoms with E-state index in [2.05, 4.69) is 38.4 Å². The molecule has 5 nitrogen and oxygen atoms in total. The van der Waals surface area contributed by atoms with E-state index in [-0.39, 0.29) is 11.9 Å². The van der Waals surface area contributed by atoms with Crippen molar-refractivity contribution in [2.24, 2.45) is 0 Å². The van der Waals surface area contributed by atoms with Crippen molar-refractivity contribution in [1.82, 2.24) is 10.3 Å². The van der Waals surface area contributed by atoms with Crippen molar-refractivity contribution >= 4 is 32.7 Å². The number of aromatic amines is 1. The summed E-state index contributed by atoms with van der Waals surface area (Å²) in [5.41, 5.74) is 4.26. The lowest BCUT2D eigenvalue weighted by Gasteiger charge is -2.24. The molecule has 2 aromatic carbocycles. The van der Waals surface area contributed by atoms with Crippen LogP contribution in [0.25, 0.3) is 10.9 Å². The van der Waals surface area contributed by atoms with Gasteiger partial charge < -0.3 is 19.8 Å². The first-order chi connectivity index (χ1) is 13.1.